The summed E-state index contributed by atoms with van der Waals surface area (Å²) in [6.45, 7) is 9.69. The number of anilines is 2. The third-order valence-electron chi connectivity index (χ3n) is 5.26. The van der Waals surface area contributed by atoms with Gasteiger partial charge in [-0.3, -0.25) is 0 Å². The highest BCUT2D eigenvalue weighted by Crippen LogP contribution is 2.34. The summed E-state index contributed by atoms with van der Waals surface area (Å²) in [7, 11) is 0. The van der Waals surface area contributed by atoms with Crippen LogP contribution in [0, 0.1) is 5.92 Å². The highest BCUT2D eigenvalue weighted by Gasteiger charge is 2.25. The van der Waals surface area contributed by atoms with Gasteiger partial charge in [0, 0.05) is 18.7 Å². The van der Waals surface area contributed by atoms with E-state index in [0.717, 1.165) is 18.7 Å². The molecule has 1 atom stereocenters. The zero-order chi connectivity index (χ0) is 20.5. The average Bonchev–Trinajstić information content (AvgIpc) is 2.67. The van der Waals surface area contributed by atoms with Crippen LogP contribution >= 0.6 is 0 Å². The molecule has 0 saturated heterocycles. The molecule has 0 heterocycles. The minimum atomic E-state index is -0.583. The summed E-state index contributed by atoms with van der Waals surface area (Å²) < 4.78 is 11.1. The van der Waals surface area contributed by atoms with Crippen molar-refractivity contribution in [3.8, 4) is 5.75 Å². The van der Waals surface area contributed by atoms with Gasteiger partial charge in [-0.1, -0.05) is 46.5 Å². The molecule has 1 saturated carbocycles. The summed E-state index contributed by atoms with van der Waals surface area (Å²) in [5.41, 5.74) is 8.24. The molecule has 158 valence electrons. The molecule has 0 aromatic heterocycles. The summed E-state index contributed by atoms with van der Waals surface area (Å²) in [5, 5.41) is 0. The van der Waals surface area contributed by atoms with Crippen molar-refractivity contribution >= 4 is 17.3 Å². The summed E-state index contributed by atoms with van der Waals surface area (Å²) in [4.78, 5) is 14.6. The van der Waals surface area contributed by atoms with Crippen molar-refractivity contribution < 1.29 is 14.3 Å². The minimum Gasteiger partial charge on any atom is -0.479 e. The molecule has 1 fully saturated rings. The Morgan fingerprint density at radius 3 is 2.50 bits per heavy atom. The molecule has 1 aromatic rings. The monoisotopic (exact) mass is 390 g/mol. The van der Waals surface area contributed by atoms with E-state index in [9.17, 15) is 4.79 Å². The number of nitrogens with two attached hydrogens (primary N) is 1. The van der Waals surface area contributed by atoms with Gasteiger partial charge < -0.3 is 20.1 Å². The quantitative estimate of drug-likeness (QED) is 0.441. The maximum atomic E-state index is 12.1. The van der Waals surface area contributed by atoms with Gasteiger partial charge in [0.2, 0.25) is 0 Å². The number of carbonyl (C=O) groups excluding carboxylic acids is 1. The van der Waals surface area contributed by atoms with Crippen LogP contribution in [0.25, 0.3) is 0 Å². The lowest BCUT2D eigenvalue weighted by atomic mass is 9.93. The van der Waals surface area contributed by atoms with Crippen LogP contribution < -0.4 is 15.4 Å². The number of nitrogens with zero attached hydrogens (tertiary/aromatic N) is 1. The molecule has 0 bridgehead atoms. The van der Waals surface area contributed by atoms with Gasteiger partial charge in [-0.25, -0.2) is 4.79 Å². The number of carbonyl (C=O) groups is 1. The van der Waals surface area contributed by atoms with E-state index in [1.54, 1.807) is 0 Å². The Balaban J connectivity index is 2.18. The molecule has 1 aliphatic rings. The van der Waals surface area contributed by atoms with Crippen LogP contribution in [-0.2, 0) is 9.53 Å². The number of nitrogen functional groups attached to an aromatic ring is 1. The Bertz CT molecular complexity index is 612. The van der Waals surface area contributed by atoms with Crippen molar-refractivity contribution in [2.75, 3.05) is 23.8 Å². The van der Waals surface area contributed by atoms with Crippen LogP contribution in [0.4, 0.5) is 11.4 Å². The Morgan fingerprint density at radius 1 is 1.21 bits per heavy atom. The van der Waals surface area contributed by atoms with E-state index in [4.69, 9.17) is 15.2 Å². The first kappa shape index (κ1) is 22.4. The molecule has 0 amide bonds. The fourth-order valence-electron chi connectivity index (χ4n) is 3.98. The molecule has 2 N–H and O–H groups in total. The topological polar surface area (TPSA) is 64.8 Å². The fourth-order valence-corrected chi connectivity index (χ4v) is 3.98. The van der Waals surface area contributed by atoms with Gasteiger partial charge in [-0.15, -0.1) is 0 Å². The summed E-state index contributed by atoms with van der Waals surface area (Å²) in [5.74, 6) is 0.881. The van der Waals surface area contributed by atoms with Crippen molar-refractivity contribution in [2.45, 2.75) is 84.8 Å². The first-order valence-electron chi connectivity index (χ1n) is 11.0. The van der Waals surface area contributed by atoms with Crippen LogP contribution in [0.2, 0.25) is 0 Å². The normalized spacial score (nSPS) is 16.0. The number of hydrogen-bond donors (Lipinski definition) is 1. The number of rotatable bonds is 10. The van der Waals surface area contributed by atoms with Crippen LogP contribution in [0.5, 0.6) is 5.75 Å². The van der Waals surface area contributed by atoms with Gasteiger partial charge in [0.25, 0.3) is 0 Å². The predicted molar refractivity (Wildman–Crippen MR) is 116 cm³/mol. The third-order valence-corrected chi connectivity index (χ3v) is 5.26. The summed E-state index contributed by atoms with van der Waals surface area (Å²) in [6.07, 6.45) is 7.26. The molecule has 28 heavy (non-hydrogen) atoms. The van der Waals surface area contributed by atoms with Crippen molar-refractivity contribution in [1.82, 2.24) is 0 Å². The van der Waals surface area contributed by atoms with Gasteiger partial charge in [-0.05, 0) is 44.2 Å². The van der Waals surface area contributed by atoms with E-state index in [-0.39, 0.29) is 5.97 Å². The summed E-state index contributed by atoms with van der Waals surface area (Å²) in [6, 6.07) is 6.39. The molecule has 2 rings (SSSR count). The predicted octanol–water partition coefficient (Wildman–Crippen LogP) is 5.17. The smallest absolute Gasteiger partial charge is 0.347 e. The Morgan fingerprint density at radius 2 is 1.93 bits per heavy atom. The molecule has 0 radical (unpaired) electrons. The van der Waals surface area contributed by atoms with Crippen LogP contribution in [-0.4, -0.2) is 31.3 Å². The Kier molecular flexibility index (Phi) is 8.94. The molecule has 0 spiro atoms. The van der Waals surface area contributed by atoms with Gasteiger partial charge in [0.1, 0.15) is 5.75 Å². The fraction of sp³-hybridized carbons (Fsp3) is 0.696. The molecule has 1 unspecified atom stereocenters. The number of hydrogen-bond acceptors (Lipinski definition) is 5. The molecule has 0 aliphatic heterocycles. The van der Waals surface area contributed by atoms with Gasteiger partial charge in [0.05, 0.1) is 18.0 Å². The van der Waals surface area contributed by atoms with E-state index in [0.29, 0.717) is 36.4 Å². The molecule has 5 heteroatoms. The minimum absolute atomic E-state index is 0.310. The molecule has 5 nitrogen and oxygen atoms in total. The maximum Gasteiger partial charge on any atom is 0.347 e. The maximum absolute atomic E-state index is 12.1. The largest absolute Gasteiger partial charge is 0.479 e. The van der Waals surface area contributed by atoms with E-state index in [1.807, 2.05) is 26.0 Å². The van der Waals surface area contributed by atoms with Gasteiger partial charge >= 0.3 is 5.97 Å². The SMILES string of the molecule is CCCC(Oc1ccc(N(CC(C)C)C2CCCCC2)c(N)c1)C(=O)OCC. The zero-order valence-electron chi connectivity index (χ0n) is 18.1. The van der Waals surface area contributed by atoms with Crippen molar-refractivity contribution in [3.63, 3.8) is 0 Å². The Hall–Kier alpha value is -1.91. The standard InChI is InChI=1S/C23H38N2O3/c1-5-10-22(23(26)27-6-2)28-19-13-14-21(20(24)15-19)25(16-17(3)4)18-11-8-7-9-12-18/h13-15,17-18,22H,5-12,16,24H2,1-4H3. The average molecular weight is 391 g/mol. The van der Waals surface area contributed by atoms with E-state index in [2.05, 4.69) is 24.8 Å². The number of ether oxygens (including phenoxy) is 2. The first-order valence-corrected chi connectivity index (χ1v) is 11.0. The first-order chi connectivity index (χ1) is 13.5. The second kappa shape index (κ2) is 11.2. The lowest BCUT2D eigenvalue weighted by molar-refractivity contribution is -0.151. The molecule has 1 aromatic carbocycles. The lowest BCUT2D eigenvalue weighted by Gasteiger charge is -2.38. The van der Waals surface area contributed by atoms with E-state index >= 15 is 0 Å². The van der Waals surface area contributed by atoms with Crippen molar-refractivity contribution in [2.24, 2.45) is 5.92 Å². The van der Waals surface area contributed by atoms with Crippen LogP contribution in [0.1, 0.15) is 72.6 Å². The zero-order valence-corrected chi connectivity index (χ0v) is 18.1. The highest BCUT2D eigenvalue weighted by atomic mass is 16.6. The van der Waals surface area contributed by atoms with Gasteiger partial charge in [-0.2, -0.15) is 0 Å². The third kappa shape index (κ3) is 6.32. The lowest BCUT2D eigenvalue weighted by Crippen LogP contribution is -2.39. The van der Waals surface area contributed by atoms with E-state index in [1.165, 1.54) is 32.1 Å². The van der Waals surface area contributed by atoms with Crippen LogP contribution in [0.15, 0.2) is 18.2 Å². The van der Waals surface area contributed by atoms with Crippen molar-refractivity contribution in [1.29, 1.82) is 0 Å². The number of esters is 1. The van der Waals surface area contributed by atoms with E-state index < -0.39 is 6.10 Å². The second-order valence-corrected chi connectivity index (χ2v) is 8.21. The second-order valence-electron chi connectivity index (χ2n) is 8.21. The Labute approximate surface area is 170 Å². The summed E-state index contributed by atoms with van der Waals surface area (Å²) >= 11 is 0. The van der Waals surface area contributed by atoms with Crippen molar-refractivity contribution in [3.05, 3.63) is 18.2 Å². The molecule has 1 aliphatic carbocycles. The highest BCUT2D eigenvalue weighted by molar-refractivity contribution is 5.75. The molecular formula is C23H38N2O3. The van der Waals surface area contributed by atoms with Crippen LogP contribution in [0.3, 0.4) is 0 Å². The van der Waals surface area contributed by atoms with Gasteiger partial charge in [0.15, 0.2) is 6.10 Å². The number of benzene rings is 1. The molecular weight excluding hydrogens is 352 g/mol.